The number of hydrogen-bond donors (Lipinski definition) is 1. The maximum Gasteiger partial charge on any atom is 0.219 e. The lowest BCUT2D eigenvalue weighted by atomic mass is 10.1. The van der Waals surface area contributed by atoms with Crippen LogP contribution in [0.1, 0.15) is 44.4 Å². The Morgan fingerprint density at radius 1 is 1.24 bits per heavy atom. The summed E-state index contributed by atoms with van der Waals surface area (Å²) in [7, 11) is 0. The number of anilines is 1. The molecule has 10 heteroatoms. The molecule has 1 unspecified atom stereocenters. The number of nitrogens with zero attached hydrogens (tertiary/aromatic N) is 4. The number of carbonyl (C=O) groups excluding carboxylic acids is 1. The third-order valence-corrected chi connectivity index (χ3v) is 6.60. The van der Waals surface area contributed by atoms with Crippen molar-refractivity contribution >= 4 is 34.9 Å². The van der Waals surface area contributed by atoms with E-state index < -0.39 is 11.9 Å². The molecule has 1 aliphatic rings. The maximum atomic E-state index is 13.9. The van der Waals surface area contributed by atoms with E-state index in [4.69, 9.17) is 33.7 Å². The first-order valence-electron chi connectivity index (χ1n) is 10.6. The molecule has 33 heavy (non-hydrogen) atoms. The van der Waals surface area contributed by atoms with E-state index in [1.165, 1.54) is 12.1 Å². The number of ether oxygens (including phenoxy) is 1. The first kappa shape index (κ1) is 23.3. The molecule has 0 bridgehead atoms. The van der Waals surface area contributed by atoms with Gasteiger partial charge in [-0.2, -0.15) is 5.10 Å². The topological polar surface area (TPSA) is 86.3 Å². The molecular weight excluding hydrogens is 468 g/mol. The van der Waals surface area contributed by atoms with E-state index in [0.717, 1.165) is 37.1 Å². The number of benzene rings is 1. The number of halogens is 3. The van der Waals surface area contributed by atoms with Crippen LogP contribution in [0, 0.1) is 5.82 Å². The number of nitrogens with two attached hydrogens (primary N) is 1. The van der Waals surface area contributed by atoms with Crippen LogP contribution in [-0.2, 0) is 4.79 Å². The van der Waals surface area contributed by atoms with E-state index in [2.05, 4.69) is 10.1 Å². The number of hydrogen-bond acceptors (Lipinski definition) is 5. The highest BCUT2D eigenvalue weighted by Crippen LogP contribution is 2.37. The minimum atomic E-state index is -0.658. The van der Waals surface area contributed by atoms with Crippen molar-refractivity contribution in [2.75, 3.05) is 18.8 Å². The Hall–Kier alpha value is -2.84. The van der Waals surface area contributed by atoms with E-state index in [9.17, 15) is 9.18 Å². The van der Waals surface area contributed by atoms with Gasteiger partial charge >= 0.3 is 0 Å². The second-order valence-corrected chi connectivity index (χ2v) is 8.86. The van der Waals surface area contributed by atoms with Crippen LogP contribution < -0.4 is 10.5 Å². The van der Waals surface area contributed by atoms with Crippen LogP contribution in [0.4, 0.5) is 10.2 Å². The van der Waals surface area contributed by atoms with E-state index in [1.54, 1.807) is 32.3 Å². The monoisotopic (exact) mass is 491 g/mol. The van der Waals surface area contributed by atoms with Gasteiger partial charge in [-0.15, -0.1) is 0 Å². The van der Waals surface area contributed by atoms with Crippen molar-refractivity contribution in [2.45, 2.75) is 38.8 Å². The number of rotatable bonds is 5. The molecule has 2 N–H and O–H groups in total. The number of likely N-dealkylation sites (tertiary alicyclic amines) is 1. The zero-order chi connectivity index (χ0) is 23.7. The highest BCUT2D eigenvalue weighted by molar-refractivity contribution is 6.36. The molecular formula is C23H24Cl2FN5O2. The van der Waals surface area contributed by atoms with Gasteiger partial charge in [0.05, 0.1) is 17.3 Å². The van der Waals surface area contributed by atoms with Crippen molar-refractivity contribution in [1.29, 1.82) is 0 Å². The van der Waals surface area contributed by atoms with Gasteiger partial charge in [-0.25, -0.2) is 9.37 Å². The molecule has 0 spiro atoms. The molecule has 1 atom stereocenters. The molecule has 3 heterocycles. The number of nitrogen functional groups attached to an aromatic ring is 1. The third-order valence-electron chi connectivity index (χ3n) is 5.89. The molecule has 1 aromatic carbocycles. The Bertz CT molecular complexity index is 1180. The van der Waals surface area contributed by atoms with E-state index >= 15 is 0 Å². The summed E-state index contributed by atoms with van der Waals surface area (Å²) < 4.78 is 21.8. The summed E-state index contributed by atoms with van der Waals surface area (Å²) in [6.45, 7) is 4.75. The van der Waals surface area contributed by atoms with Crippen molar-refractivity contribution in [3.63, 3.8) is 0 Å². The van der Waals surface area contributed by atoms with Gasteiger partial charge in [-0.1, -0.05) is 23.2 Å². The zero-order valence-electron chi connectivity index (χ0n) is 18.3. The van der Waals surface area contributed by atoms with Gasteiger partial charge in [-0.3, -0.25) is 9.48 Å². The Labute approximate surface area is 201 Å². The normalized spacial score (nSPS) is 15.5. The summed E-state index contributed by atoms with van der Waals surface area (Å²) in [6, 6.07) is 4.63. The smallest absolute Gasteiger partial charge is 0.219 e. The van der Waals surface area contributed by atoms with Gasteiger partial charge in [0, 0.05) is 54.1 Å². The molecule has 174 valence electrons. The molecule has 7 nitrogen and oxygen atoms in total. The Balaban J connectivity index is 1.53. The van der Waals surface area contributed by atoms with Crippen LogP contribution in [0.25, 0.3) is 11.1 Å². The summed E-state index contributed by atoms with van der Waals surface area (Å²) >= 11 is 12.3. The lowest BCUT2D eigenvalue weighted by Gasteiger charge is -2.31. The number of aromatic nitrogens is 3. The quantitative estimate of drug-likeness (QED) is 0.489. The average molecular weight is 492 g/mol. The summed E-state index contributed by atoms with van der Waals surface area (Å²) in [5.41, 5.74) is 8.00. The SMILES string of the molecule is CC(=O)N1CCC(n2cc(-c3cnc(N)c(OC(C)c4c(Cl)ccc(F)c4Cl)c3)cn2)CC1. The molecule has 1 amide bonds. The third kappa shape index (κ3) is 4.91. The molecule has 1 saturated heterocycles. The van der Waals surface area contributed by atoms with Crippen molar-refractivity contribution in [1.82, 2.24) is 19.7 Å². The molecule has 0 aliphatic carbocycles. The van der Waals surface area contributed by atoms with Gasteiger partial charge in [0.15, 0.2) is 11.6 Å². The van der Waals surface area contributed by atoms with Crippen LogP contribution in [0.2, 0.25) is 10.0 Å². The van der Waals surface area contributed by atoms with Crippen molar-refractivity contribution in [3.8, 4) is 16.9 Å². The highest BCUT2D eigenvalue weighted by atomic mass is 35.5. The first-order chi connectivity index (χ1) is 15.7. The molecule has 2 aromatic heterocycles. The summed E-state index contributed by atoms with van der Waals surface area (Å²) in [5.74, 6) is 0.0511. The molecule has 3 aromatic rings. The van der Waals surface area contributed by atoms with Crippen LogP contribution in [-0.4, -0.2) is 38.7 Å². The van der Waals surface area contributed by atoms with Crippen LogP contribution in [0.5, 0.6) is 5.75 Å². The van der Waals surface area contributed by atoms with Crippen molar-refractivity contribution < 1.29 is 13.9 Å². The van der Waals surface area contributed by atoms with Crippen LogP contribution in [0.15, 0.2) is 36.8 Å². The van der Waals surface area contributed by atoms with Gasteiger partial charge in [0.2, 0.25) is 5.91 Å². The van der Waals surface area contributed by atoms with Gasteiger partial charge in [0.1, 0.15) is 11.9 Å². The zero-order valence-corrected chi connectivity index (χ0v) is 19.8. The number of pyridine rings is 1. The van der Waals surface area contributed by atoms with Crippen molar-refractivity contribution in [3.05, 3.63) is 58.2 Å². The summed E-state index contributed by atoms with van der Waals surface area (Å²) in [4.78, 5) is 17.7. The second-order valence-electron chi connectivity index (χ2n) is 8.07. The molecule has 0 radical (unpaired) electrons. The molecule has 1 fully saturated rings. The highest BCUT2D eigenvalue weighted by Gasteiger charge is 2.23. The Morgan fingerprint density at radius 3 is 2.67 bits per heavy atom. The number of carbonyl (C=O) groups is 1. The largest absolute Gasteiger partial charge is 0.482 e. The van der Waals surface area contributed by atoms with Crippen molar-refractivity contribution in [2.24, 2.45) is 0 Å². The van der Waals surface area contributed by atoms with Gasteiger partial charge in [-0.05, 0) is 38.0 Å². The predicted octanol–water partition coefficient (Wildman–Crippen LogP) is 5.30. The fourth-order valence-corrected chi connectivity index (χ4v) is 4.68. The van der Waals surface area contributed by atoms with E-state index in [-0.39, 0.29) is 22.8 Å². The van der Waals surface area contributed by atoms with Crippen LogP contribution in [0.3, 0.4) is 0 Å². The number of piperidine rings is 1. The minimum absolute atomic E-state index is 0.0882. The second kappa shape index (κ2) is 9.57. The lowest BCUT2D eigenvalue weighted by Crippen LogP contribution is -2.37. The minimum Gasteiger partial charge on any atom is -0.482 e. The Kier molecular flexibility index (Phi) is 6.76. The number of amides is 1. The fraction of sp³-hybridized carbons (Fsp3) is 0.348. The van der Waals surface area contributed by atoms with E-state index in [0.29, 0.717) is 16.3 Å². The first-order valence-corrected chi connectivity index (χ1v) is 11.4. The van der Waals surface area contributed by atoms with Crippen LogP contribution >= 0.6 is 23.2 Å². The Morgan fingerprint density at radius 2 is 1.97 bits per heavy atom. The molecule has 0 saturated carbocycles. The average Bonchev–Trinajstić information content (AvgIpc) is 3.28. The standard InChI is InChI=1S/C23H24Cl2FN5O2/c1-13(21-18(24)3-4-19(26)22(21)25)33-20-9-15(10-28-23(20)27)16-11-29-31(12-16)17-5-7-30(8-6-17)14(2)32/h3-4,9-13,17H,5-8H2,1-2H3,(H2,27,28). The summed E-state index contributed by atoms with van der Waals surface area (Å²) in [5, 5.41) is 4.73. The fourth-order valence-electron chi connectivity index (χ4n) is 4.00. The maximum absolute atomic E-state index is 13.9. The lowest BCUT2D eigenvalue weighted by molar-refractivity contribution is -0.130. The molecule has 1 aliphatic heterocycles. The van der Waals surface area contributed by atoms with E-state index in [1.807, 2.05) is 15.8 Å². The predicted molar refractivity (Wildman–Crippen MR) is 126 cm³/mol. The van der Waals surface area contributed by atoms with Gasteiger partial charge < -0.3 is 15.4 Å². The summed E-state index contributed by atoms with van der Waals surface area (Å²) in [6.07, 6.45) is 6.40. The van der Waals surface area contributed by atoms with Gasteiger partial charge in [0.25, 0.3) is 0 Å². The molecule has 4 rings (SSSR count).